The number of likely N-dealkylation sites (tertiary alicyclic amines) is 1. The van der Waals surface area contributed by atoms with Crippen LogP contribution in [0.2, 0.25) is 0 Å². The van der Waals surface area contributed by atoms with Crippen molar-refractivity contribution in [3.8, 4) is 0 Å². The van der Waals surface area contributed by atoms with Crippen molar-refractivity contribution in [1.29, 1.82) is 0 Å². The van der Waals surface area contributed by atoms with E-state index in [0.717, 1.165) is 12.8 Å². The lowest BCUT2D eigenvalue weighted by Gasteiger charge is -2.25. The summed E-state index contributed by atoms with van der Waals surface area (Å²) in [7, 11) is 2.11. The summed E-state index contributed by atoms with van der Waals surface area (Å²) in [6, 6.07) is 0.479. The monoisotopic (exact) mass is 155 g/mol. The van der Waals surface area contributed by atoms with Crippen LogP contribution in [0.3, 0.4) is 0 Å². The van der Waals surface area contributed by atoms with E-state index in [1.807, 2.05) is 6.92 Å². The molecule has 0 bridgehead atoms. The van der Waals surface area contributed by atoms with Gasteiger partial charge in [0.25, 0.3) is 0 Å². The summed E-state index contributed by atoms with van der Waals surface area (Å²) < 4.78 is 0. The molecule has 0 unspecified atom stereocenters. The molecule has 1 heterocycles. The molecule has 0 aromatic carbocycles. The quantitative estimate of drug-likeness (QED) is 0.558. The van der Waals surface area contributed by atoms with Crippen LogP contribution < -0.4 is 0 Å². The summed E-state index contributed by atoms with van der Waals surface area (Å²) in [5.74, 6) is 0.873. The van der Waals surface area contributed by atoms with Gasteiger partial charge in [-0.15, -0.1) is 0 Å². The molecule has 1 aliphatic rings. The van der Waals surface area contributed by atoms with Gasteiger partial charge < -0.3 is 9.69 Å². The number of aldehydes is 1. The van der Waals surface area contributed by atoms with Crippen molar-refractivity contribution < 1.29 is 4.79 Å². The molecule has 64 valence electrons. The highest BCUT2D eigenvalue weighted by Gasteiger charge is 2.32. The van der Waals surface area contributed by atoms with Crippen LogP contribution in [0.25, 0.3) is 0 Å². The Morgan fingerprint density at radius 3 is 2.64 bits per heavy atom. The molecular formula is C9H17NO. The Hall–Kier alpha value is -0.370. The molecule has 11 heavy (non-hydrogen) atoms. The minimum atomic E-state index is 0.192. The average Bonchev–Trinajstić information content (AvgIpc) is 2.30. The molecule has 2 heteroatoms. The van der Waals surface area contributed by atoms with Gasteiger partial charge in [0.2, 0.25) is 0 Å². The fraction of sp³-hybridized carbons (Fsp3) is 0.889. The van der Waals surface area contributed by atoms with Crippen molar-refractivity contribution in [3.63, 3.8) is 0 Å². The van der Waals surface area contributed by atoms with Crippen LogP contribution in [0, 0.1) is 11.8 Å². The first-order valence-electron chi connectivity index (χ1n) is 4.32. The molecule has 2 nitrogen and oxygen atoms in total. The van der Waals surface area contributed by atoms with E-state index >= 15 is 0 Å². The van der Waals surface area contributed by atoms with Gasteiger partial charge in [-0.2, -0.15) is 0 Å². The van der Waals surface area contributed by atoms with E-state index < -0.39 is 0 Å². The van der Waals surface area contributed by atoms with Gasteiger partial charge in [0.05, 0.1) is 0 Å². The lowest BCUT2D eigenvalue weighted by Crippen LogP contribution is -2.35. The van der Waals surface area contributed by atoms with Gasteiger partial charge >= 0.3 is 0 Å². The maximum absolute atomic E-state index is 10.6. The van der Waals surface area contributed by atoms with E-state index in [1.54, 1.807) is 0 Å². The number of rotatable bonds is 2. The Kier molecular flexibility index (Phi) is 2.66. The molecule has 0 saturated carbocycles. The maximum atomic E-state index is 10.6. The predicted octanol–water partition coefficient (Wildman–Crippen LogP) is 1.16. The third kappa shape index (κ3) is 1.62. The van der Waals surface area contributed by atoms with Crippen LogP contribution in [-0.2, 0) is 4.79 Å². The molecule has 3 atom stereocenters. The summed E-state index contributed by atoms with van der Waals surface area (Å²) in [4.78, 5) is 12.9. The van der Waals surface area contributed by atoms with Crippen molar-refractivity contribution in [3.05, 3.63) is 0 Å². The highest BCUT2D eigenvalue weighted by molar-refractivity contribution is 5.54. The Morgan fingerprint density at radius 1 is 1.64 bits per heavy atom. The molecule has 1 aliphatic heterocycles. The van der Waals surface area contributed by atoms with Crippen LogP contribution >= 0.6 is 0 Å². The molecule has 0 amide bonds. The van der Waals surface area contributed by atoms with E-state index in [9.17, 15) is 4.79 Å². The highest BCUT2D eigenvalue weighted by atomic mass is 16.1. The van der Waals surface area contributed by atoms with E-state index in [4.69, 9.17) is 0 Å². The average molecular weight is 155 g/mol. The predicted molar refractivity (Wildman–Crippen MR) is 45.4 cm³/mol. The zero-order valence-electron chi connectivity index (χ0n) is 7.58. The van der Waals surface area contributed by atoms with Gasteiger partial charge in [-0.25, -0.2) is 0 Å². The summed E-state index contributed by atoms with van der Waals surface area (Å²) >= 11 is 0. The van der Waals surface area contributed by atoms with Gasteiger partial charge in [0.1, 0.15) is 6.29 Å². The third-order valence-corrected chi connectivity index (χ3v) is 2.78. The number of carbonyl (C=O) groups excluding carboxylic acids is 1. The summed E-state index contributed by atoms with van der Waals surface area (Å²) in [6.45, 7) is 5.38. The minimum absolute atomic E-state index is 0.192. The van der Waals surface area contributed by atoms with E-state index in [2.05, 4.69) is 18.9 Å². The normalized spacial score (nSPS) is 35.5. The molecule has 0 aromatic heterocycles. The molecular weight excluding hydrogens is 138 g/mol. The molecule has 0 radical (unpaired) electrons. The second kappa shape index (κ2) is 3.35. The third-order valence-electron chi connectivity index (χ3n) is 2.78. The SMILES string of the molecule is C[C@@H]1CCN(C)[C@@H]1[C@@H](C)C=O. The number of hydrogen-bond acceptors (Lipinski definition) is 2. The first kappa shape index (κ1) is 8.72. The van der Waals surface area contributed by atoms with Gasteiger partial charge in [-0.05, 0) is 25.9 Å². The molecule has 1 saturated heterocycles. The Bertz CT molecular complexity index is 136. The summed E-state index contributed by atoms with van der Waals surface area (Å²) in [5.41, 5.74) is 0. The minimum Gasteiger partial charge on any atom is -0.303 e. The van der Waals surface area contributed by atoms with Gasteiger partial charge in [-0.3, -0.25) is 0 Å². The Balaban J connectivity index is 2.60. The summed E-state index contributed by atoms with van der Waals surface area (Å²) in [6.07, 6.45) is 2.31. The van der Waals surface area contributed by atoms with Crippen molar-refractivity contribution in [1.82, 2.24) is 4.90 Å². The van der Waals surface area contributed by atoms with Gasteiger partial charge in [0, 0.05) is 12.0 Å². The van der Waals surface area contributed by atoms with Gasteiger partial charge in [-0.1, -0.05) is 13.8 Å². The molecule has 0 aromatic rings. The zero-order chi connectivity index (χ0) is 8.43. The topological polar surface area (TPSA) is 20.3 Å². The maximum Gasteiger partial charge on any atom is 0.124 e. The molecule has 0 aliphatic carbocycles. The van der Waals surface area contributed by atoms with Crippen molar-refractivity contribution >= 4 is 6.29 Å². The van der Waals surface area contributed by atoms with Crippen molar-refractivity contribution in [2.45, 2.75) is 26.3 Å². The van der Waals surface area contributed by atoms with Crippen LogP contribution in [-0.4, -0.2) is 30.8 Å². The van der Waals surface area contributed by atoms with Crippen LogP contribution in [0.15, 0.2) is 0 Å². The molecule has 1 fully saturated rings. The van der Waals surface area contributed by atoms with E-state index in [0.29, 0.717) is 12.0 Å². The largest absolute Gasteiger partial charge is 0.303 e. The fourth-order valence-electron chi connectivity index (χ4n) is 2.16. The van der Waals surface area contributed by atoms with Crippen LogP contribution in [0.5, 0.6) is 0 Å². The Morgan fingerprint density at radius 2 is 2.27 bits per heavy atom. The first-order chi connectivity index (χ1) is 5.16. The second-order valence-electron chi connectivity index (χ2n) is 3.73. The fourth-order valence-corrected chi connectivity index (χ4v) is 2.16. The number of carbonyl (C=O) groups is 1. The van der Waals surface area contributed by atoms with Crippen molar-refractivity contribution in [2.75, 3.05) is 13.6 Å². The molecule has 0 spiro atoms. The highest BCUT2D eigenvalue weighted by Crippen LogP contribution is 2.26. The molecule has 1 rings (SSSR count). The standard InChI is InChI=1S/C9H17NO/c1-7-4-5-10(3)9(7)8(2)6-11/h6-9H,4-5H2,1-3H3/t7-,8+,9+/m1/s1. The smallest absolute Gasteiger partial charge is 0.124 e. The van der Waals surface area contributed by atoms with Gasteiger partial charge in [0.15, 0.2) is 0 Å². The zero-order valence-corrected chi connectivity index (χ0v) is 7.58. The van der Waals surface area contributed by atoms with Crippen LogP contribution in [0.1, 0.15) is 20.3 Å². The lowest BCUT2D eigenvalue weighted by molar-refractivity contribution is -0.112. The second-order valence-corrected chi connectivity index (χ2v) is 3.73. The number of nitrogens with zero attached hydrogens (tertiary/aromatic N) is 1. The molecule has 0 N–H and O–H groups in total. The number of hydrogen-bond donors (Lipinski definition) is 0. The van der Waals surface area contributed by atoms with E-state index in [1.165, 1.54) is 6.42 Å². The first-order valence-corrected chi connectivity index (χ1v) is 4.32. The lowest BCUT2D eigenvalue weighted by atomic mass is 9.93. The van der Waals surface area contributed by atoms with Crippen LogP contribution in [0.4, 0.5) is 0 Å². The Labute approximate surface area is 68.6 Å². The van der Waals surface area contributed by atoms with E-state index in [-0.39, 0.29) is 5.92 Å². The van der Waals surface area contributed by atoms with Crippen molar-refractivity contribution in [2.24, 2.45) is 11.8 Å². The summed E-state index contributed by atoms with van der Waals surface area (Å²) in [5, 5.41) is 0.